The standard InChI is InChI=1S/C19H15Cl2F2N3/c20-14-5-3-6-16(17(14)21)26-19-13(4-1-2-9-24-19)18(25-26)12-8-7-11(22)10-15(12)23/h3,5-8,10,24H,1-2,4,9H2. The maximum Gasteiger partial charge on any atom is 0.135 e. The molecule has 0 unspecified atom stereocenters. The molecule has 1 aromatic heterocycles. The van der Waals surface area contributed by atoms with Gasteiger partial charge in [0.05, 0.1) is 15.7 Å². The fourth-order valence-corrected chi connectivity index (χ4v) is 3.61. The molecule has 2 heterocycles. The predicted octanol–water partition coefficient (Wildman–Crippen LogP) is 5.87. The number of hydrogen-bond donors (Lipinski definition) is 1. The lowest BCUT2D eigenvalue weighted by Gasteiger charge is -2.11. The van der Waals surface area contributed by atoms with E-state index in [9.17, 15) is 8.78 Å². The number of benzene rings is 2. The van der Waals surface area contributed by atoms with Crippen LogP contribution in [0.5, 0.6) is 0 Å². The molecule has 3 nitrogen and oxygen atoms in total. The average molecular weight is 394 g/mol. The lowest BCUT2D eigenvalue weighted by molar-refractivity contribution is 0.585. The van der Waals surface area contributed by atoms with Gasteiger partial charge in [-0.15, -0.1) is 0 Å². The fourth-order valence-electron chi connectivity index (χ4n) is 3.23. The molecule has 7 heteroatoms. The maximum absolute atomic E-state index is 14.4. The maximum atomic E-state index is 14.4. The Balaban J connectivity index is 1.96. The summed E-state index contributed by atoms with van der Waals surface area (Å²) in [6.07, 6.45) is 2.68. The van der Waals surface area contributed by atoms with Gasteiger partial charge in [-0.2, -0.15) is 5.10 Å². The van der Waals surface area contributed by atoms with Gasteiger partial charge in [0.15, 0.2) is 0 Å². The van der Waals surface area contributed by atoms with Crippen molar-refractivity contribution in [2.75, 3.05) is 11.9 Å². The van der Waals surface area contributed by atoms with E-state index in [1.54, 1.807) is 22.9 Å². The minimum atomic E-state index is -0.640. The van der Waals surface area contributed by atoms with E-state index in [-0.39, 0.29) is 5.56 Å². The zero-order valence-corrected chi connectivity index (χ0v) is 15.2. The highest BCUT2D eigenvalue weighted by molar-refractivity contribution is 6.43. The molecule has 26 heavy (non-hydrogen) atoms. The first-order chi connectivity index (χ1) is 12.6. The minimum absolute atomic E-state index is 0.267. The zero-order valence-electron chi connectivity index (χ0n) is 13.7. The van der Waals surface area contributed by atoms with Crippen molar-refractivity contribution in [1.82, 2.24) is 9.78 Å². The van der Waals surface area contributed by atoms with Crippen molar-refractivity contribution in [3.05, 3.63) is 63.6 Å². The van der Waals surface area contributed by atoms with E-state index in [1.165, 1.54) is 12.1 Å². The second-order valence-corrected chi connectivity index (χ2v) is 6.95. The van der Waals surface area contributed by atoms with E-state index in [2.05, 4.69) is 10.4 Å². The number of fused-ring (bicyclic) bond motifs is 1. The SMILES string of the molecule is Fc1ccc(-c2nn(-c3cccc(Cl)c3Cl)c3c2CCCCN3)c(F)c1. The van der Waals surface area contributed by atoms with Crippen molar-refractivity contribution < 1.29 is 8.78 Å². The number of aromatic nitrogens is 2. The van der Waals surface area contributed by atoms with Crippen LogP contribution in [0.1, 0.15) is 18.4 Å². The van der Waals surface area contributed by atoms with Gasteiger partial charge < -0.3 is 5.32 Å². The first-order valence-corrected chi connectivity index (χ1v) is 9.07. The number of anilines is 1. The molecule has 0 saturated heterocycles. The van der Waals surface area contributed by atoms with Gasteiger partial charge in [0.2, 0.25) is 0 Å². The van der Waals surface area contributed by atoms with Gasteiger partial charge in [-0.3, -0.25) is 0 Å². The summed E-state index contributed by atoms with van der Waals surface area (Å²) in [5.74, 6) is -0.489. The number of nitrogens with zero attached hydrogens (tertiary/aromatic N) is 2. The molecule has 0 bridgehead atoms. The molecule has 0 radical (unpaired) electrons. The molecule has 1 N–H and O–H groups in total. The lowest BCUT2D eigenvalue weighted by Crippen LogP contribution is -2.07. The van der Waals surface area contributed by atoms with Crippen LogP contribution in [0.4, 0.5) is 14.6 Å². The van der Waals surface area contributed by atoms with Crippen LogP contribution in [0.15, 0.2) is 36.4 Å². The van der Waals surface area contributed by atoms with E-state index in [4.69, 9.17) is 23.2 Å². The van der Waals surface area contributed by atoms with Crippen LogP contribution in [0, 0.1) is 11.6 Å². The smallest absolute Gasteiger partial charge is 0.135 e. The molecule has 2 aromatic carbocycles. The van der Waals surface area contributed by atoms with Crippen molar-refractivity contribution in [1.29, 1.82) is 0 Å². The highest BCUT2D eigenvalue weighted by atomic mass is 35.5. The molecule has 0 aliphatic carbocycles. The van der Waals surface area contributed by atoms with E-state index in [0.717, 1.165) is 43.3 Å². The average Bonchev–Trinajstić information content (AvgIpc) is 2.79. The Hall–Kier alpha value is -2.11. The third-order valence-corrected chi connectivity index (χ3v) is 5.28. The fraction of sp³-hybridized carbons (Fsp3) is 0.211. The molecule has 0 amide bonds. The quantitative estimate of drug-likeness (QED) is 0.589. The van der Waals surface area contributed by atoms with Crippen molar-refractivity contribution in [3.8, 4) is 16.9 Å². The highest BCUT2D eigenvalue weighted by Crippen LogP contribution is 2.37. The van der Waals surface area contributed by atoms with Crippen molar-refractivity contribution in [3.63, 3.8) is 0 Å². The number of nitrogens with one attached hydrogen (secondary N) is 1. The summed E-state index contributed by atoms with van der Waals surface area (Å²) in [7, 11) is 0. The Bertz CT molecular complexity index is 985. The summed E-state index contributed by atoms with van der Waals surface area (Å²) in [6, 6.07) is 8.81. The Morgan fingerprint density at radius 2 is 1.92 bits per heavy atom. The predicted molar refractivity (Wildman–Crippen MR) is 100 cm³/mol. The number of rotatable bonds is 2. The molecule has 134 valence electrons. The zero-order chi connectivity index (χ0) is 18.3. The topological polar surface area (TPSA) is 29.9 Å². The van der Waals surface area contributed by atoms with Crippen LogP contribution in [0.25, 0.3) is 16.9 Å². The van der Waals surface area contributed by atoms with Gasteiger partial charge in [0, 0.05) is 23.7 Å². The van der Waals surface area contributed by atoms with E-state index < -0.39 is 11.6 Å². The summed E-state index contributed by atoms with van der Waals surface area (Å²) >= 11 is 12.5. The Morgan fingerprint density at radius 3 is 2.73 bits per heavy atom. The normalized spacial score (nSPS) is 13.8. The van der Waals surface area contributed by atoms with Gasteiger partial charge in [-0.25, -0.2) is 13.5 Å². The molecule has 1 aliphatic heterocycles. The van der Waals surface area contributed by atoms with Gasteiger partial charge in [0.1, 0.15) is 23.1 Å². The Labute approximate surface area is 159 Å². The van der Waals surface area contributed by atoms with E-state index in [0.29, 0.717) is 21.4 Å². The molecule has 1 aliphatic rings. The van der Waals surface area contributed by atoms with Gasteiger partial charge in [-0.05, 0) is 43.5 Å². The van der Waals surface area contributed by atoms with Crippen LogP contribution in [-0.2, 0) is 6.42 Å². The van der Waals surface area contributed by atoms with Crippen molar-refractivity contribution in [2.24, 2.45) is 0 Å². The van der Waals surface area contributed by atoms with Crippen LogP contribution < -0.4 is 5.32 Å². The second kappa shape index (κ2) is 6.89. The summed E-state index contributed by atoms with van der Waals surface area (Å²) in [4.78, 5) is 0. The molecular weight excluding hydrogens is 379 g/mol. The van der Waals surface area contributed by atoms with Crippen molar-refractivity contribution >= 4 is 29.0 Å². The molecule has 0 spiro atoms. The number of halogens is 4. The highest BCUT2D eigenvalue weighted by Gasteiger charge is 2.24. The molecule has 0 saturated carbocycles. The third kappa shape index (κ3) is 2.95. The number of hydrogen-bond acceptors (Lipinski definition) is 2. The molecular formula is C19H15Cl2F2N3. The third-order valence-electron chi connectivity index (χ3n) is 4.48. The molecule has 0 fully saturated rings. The summed E-state index contributed by atoms with van der Waals surface area (Å²) < 4.78 is 29.4. The monoisotopic (exact) mass is 393 g/mol. The Morgan fingerprint density at radius 1 is 1.08 bits per heavy atom. The van der Waals surface area contributed by atoms with Crippen LogP contribution in [0.2, 0.25) is 10.0 Å². The lowest BCUT2D eigenvalue weighted by atomic mass is 10.0. The van der Waals surface area contributed by atoms with Gasteiger partial charge in [-0.1, -0.05) is 29.3 Å². The molecule has 3 aromatic rings. The largest absolute Gasteiger partial charge is 0.370 e. The molecule has 4 rings (SSSR count). The first kappa shape index (κ1) is 17.3. The van der Waals surface area contributed by atoms with Crippen LogP contribution in [-0.4, -0.2) is 16.3 Å². The van der Waals surface area contributed by atoms with Crippen molar-refractivity contribution in [2.45, 2.75) is 19.3 Å². The van der Waals surface area contributed by atoms with Crippen LogP contribution >= 0.6 is 23.2 Å². The Kier molecular flexibility index (Phi) is 4.59. The summed E-state index contributed by atoms with van der Waals surface area (Å²) in [6.45, 7) is 0.780. The summed E-state index contributed by atoms with van der Waals surface area (Å²) in [5.41, 5.74) is 2.26. The van der Waals surface area contributed by atoms with Gasteiger partial charge in [0.25, 0.3) is 0 Å². The second-order valence-electron chi connectivity index (χ2n) is 6.17. The minimum Gasteiger partial charge on any atom is -0.370 e. The molecule has 0 atom stereocenters. The van der Waals surface area contributed by atoms with E-state index in [1.807, 2.05) is 0 Å². The first-order valence-electron chi connectivity index (χ1n) is 8.32. The van der Waals surface area contributed by atoms with Gasteiger partial charge >= 0.3 is 0 Å². The van der Waals surface area contributed by atoms with Crippen LogP contribution in [0.3, 0.4) is 0 Å². The van der Waals surface area contributed by atoms with E-state index >= 15 is 0 Å². The summed E-state index contributed by atoms with van der Waals surface area (Å²) in [5, 5.41) is 8.76.